The van der Waals surface area contributed by atoms with Crippen molar-refractivity contribution in [3.05, 3.63) is 60.2 Å². The van der Waals surface area contributed by atoms with Crippen LogP contribution in [0.25, 0.3) is 0 Å². The molecule has 1 aromatic carbocycles. The van der Waals surface area contributed by atoms with Crippen molar-refractivity contribution in [3.63, 3.8) is 0 Å². The monoisotopic (exact) mass is 446 g/mol. The quantitative estimate of drug-likeness (QED) is 0.154. The summed E-state index contributed by atoms with van der Waals surface area (Å²) in [6, 6.07) is 10.1. The van der Waals surface area contributed by atoms with Crippen molar-refractivity contribution in [1.29, 1.82) is 0 Å². The van der Waals surface area contributed by atoms with E-state index in [-0.39, 0.29) is 29.3 Å². The van der Waals surface area contributed by atoms with E-state index in [4.69, 9.17) is 13.9 Å². The molecule has 0 bridgehead atoms. The molecule has 0 aliphatic rings. The SMILES string of the molecule is C=C[C@@H](OC)[C@@H](C[C@H](O[Si](C)(C)C(C)(C)C)[C@@H](C)/C=C(\C)C=O)OCc1ccccc1. The van der Waals surface area contributed by atoms with E-state index in [1.807, 2.05) is 31.2 Å². The van der Waals surface area contributed by atoms with E-state index >= 15 is 0 Å². The van der Waals surface area contributed by atoms with Crippen molar-refractivity contribution < 1.29 is 18.7 Å². The predicted molar refractivity (Wildman–Crippen MR) is 132 cm³/mol. The van der Waals surface area contributed by atoms with Gasteiger partial charge in [-0.15, -0.1) is 6.58 Å². The Kier molecular flexibility index (Phi) is 11.1. The minimum atomic E-state index is -2.04. The third-order valence-corrected chi connectivity index (χ3v) is 10.7. The number of ether oxygens (including phenoxy) is 2. The van der Waals surface area contributed by atoms with Gasteiger partial charge in [0.1, 0.15) is 12.4 Å². The molecule has 0 radical (unpaired) electrons. The molecule has 0 unspecified atom stereocenters. The van der Waals surface area contributed by atoms with Crippen molar-refractivity contribution in [1.82, 2.24) is 0 Å². The maximum Gasteiger partial charge on any atom is 0.192 e. The van der Waals surface area contributed by atoms with Gasteiger partial charge in [-0.05, 0) is 42.1 Å². The lowest BCUT2D eigenvalue weighted by Gasteiger charge is -2.42. The molecule has 4 nitrogen and oxygen atoms in total. The van der Waals surface area contributed by atoms with Gasteiger partial charge in [0.15, 0.2) is 8.32 Å². The number of aldehydes is 1. The van der Waals surface area contributed by atoms with Crippen LogP contribution in [-0.2, 0) is 25.3 Å². The number of carbonyl (C=O) groups excluding carboxylic acids is 1. The lowest BCUT2D eigenvalue weighted by molar-refractivity contribution is -0.104. The van der Waals surface area contributed by atoms with Gasteiger partial charge in [0, 0.05) is 13.5 Å². The maximum absolute atomic E-state index is 11.2. The van der Waals surface area contributed by atoms with Crippen LogP contribution >= 0.6 is 0 Å². The van der Waals surface area contributed by atoms with Gasteiger partial charge in [-0.2, -0.15) is 0 Å². The zero-order valence-corrected chi connectivity index (χ0v) is 21.7. The van der Waals surface area contributed by atoms with Crippen LogP contribution in [0.15, 0.2) is 54.6 Å². The first kappa shape index (κ1) is 27.5. The third kappa shape index (κ3) is 8.85. The average molecular weight is 447 g/mol. The normalized spacial score (nSPS) is 17.0. The van der Waals surface area contributed by atoms with Crippen molar-refractivity contribution >= 4 is 14.6 Å². The summed E-state index contributed by atoms with van der Waals surface area (Å²) in [5.41, 5.74) is 1.82. The number of rotatable bonds is 13. The minimum Gasteiger partial charge on any atom is -0.413 e. The highest BCUT2D eigenvalue weighted by atomic mass is 28.4. The summed E-state index contributed by atoms with van der Waals surface area (Å²) in [4.78, 5) is 11.2. The summed E-state index contributed by atoms with van der Waals surface area (Å²) < 4.78 is 18.8. The van der Waals surface area contributed by atoms with Gasteiger partial charge in [0.2, 0.25) is 0 Å². The first-order chi connectivity index (χ1) is 14.4. The van der Waals surface area contributed by atoms with Gasteiger partial charge < -0.3 is 13.9 Å². The molecule has 1 aromatic rings. The van der Waals surface area contributed by atoms with Crippen LogP contribution in [0.2, 0.25) is 18.1 Å². The fourth-order valence-electron chi connectivity index (χ4n) is 3.19. The Balaban J connectivity index is 3.17. The highest BCUT2D eigenvalue weighted by molar-refractivity contribution is 6.74. The van der Waals surface area contributed by atoms with Crippen LogP contribution in [0.5, 0.6) is 0 Å². The molecule has 174 valence electrons. The topological polar surface area (TPSA) is 44.8 Å². The Morgan fingerprint density at radius 2 is 1.77 bits per heavy atom. The van der Waals surface area contributed by atoms with Crippen molar-refractivity contribution in [3.8, 4) is 0 Å². The van der Waals surface area contributed by atoms with Gasteiger partial charge in [0.25, 0.3) is 0 Å². The zero-order valence-electron chi connectivity index (χ0n) is 20.7. The first-order valence-corrected chi connectivity index (χ1v) is 14.0. The smallest absolute Gasteiger partial charge is 0.192 e. The lowest BCUT2D eigenvalue weighted by Crippen LogP contribution is -2.47. The second-order valence-corrected chi connectivity index (χ2v) is 14.6. The Morgan fingerprint density at radius 3 is 2.26 bits per heavy atom. The maximum atomic E-state index is 11.2. The van der Waals surface area contributed by atoms with E-state index in [9.17, 15) is 4.79 Å². The summed E-state index contributed by atoms with van der Waals surface area (Å²) in [6.07, 6.45) is 4.75. The molecule has 31 heavy (non-hydrogen) atoms. The molecule has 0 fully saturated rings. The molecule has 0 N–H and O–H groups in total. The summed E-state index contributed by atoms with van der Waals surface area (Å²) in [7, 11) is -0.365. The fourth-order valence-corrected chi connectivity index (χ4v) is 4.61. The number of allylic oxidation sites excluding steroid dienone is 1. The molecular formula is C26H42O4Si. The van der Waals surface area contributed by atoms with Crippen molar-refractivity contribution in [2.24, 2.45) is 5.92 Å². The second kappa shape index (κ2) is 12.5. The van der Waals surface area contributed by atoms with Crippen LogP contribution in [0.3, 0.4) is 0 Å². The van der Waals surface area contributed by atoms with Crippen LogP contribution in [0.4, 0.5) is 0 Å². The molecular weight excluding hydrogens is 404 g/mol. The van der Waals surface area contributed by atoms with E-state index in [1.165, 1.54) is 0 Å². The Labute approximate surface area is 190 Å². The van der Waals surface area contributed by atoms with Crippen LogP contribution < -0.4 is 0 Å². The number of methoxy groups -OCH3 is 1. The molecule has 0 saturated carbocycles. The molecule has 0 saturated heterocycles. The standard InChI is InChI=1S/C26H42O4Si/c1-10-23(28-7)25(29-19-22-14-12-11-13-15-22)17-24(21(3)16-20(2)18-27)30-31(8,9)26(4,5)6/h10-16,18,21,23-25H,1,17,19H2,2-9H3/b20-16+/t21-,23+,24-,25+/m0/s1. The summed E-state index contributed by atoms with van der Waals surface area (Å²) in [6.45, 7) is 19.6. The molecule has 5 heteroatoms. The zero-order chi connectivity index (χ0) is 23.7. The lowest BCUT2D eigenvalue weighted by atomic mass is 9.95. The van der Waals surface area contributed by atoms with Gasteiger partial charge >= 0.3 is 0 Å². The largest absolute Gasteiger partial charge is 0.413 e. The fraction of sp³-hybridized carbons (Fsp3) is 0.577. The summed E-state index contributed by atoms with van der Waals surface area (Å²) >= 11 is 0. The van der Waals surface area contributed by atoms with E-state index < -0.39 is 8.32 Å². The van der Waals surface area contributed by atoms with Gasteiger partial charge in [-0.25, -0.2) is 0 Å². The van der Waals surface area contributed by atoms with E-state index in [2.05, 4.69) is 59.5 Å². The van der Waals surface area contributed by atoms with Crippen molar-refractivity contribution in [2.75, 3.05) is 7.11 Å². The Hall–Kier alpha value is -1.53. The predicted octanol–water partition coefficient (Wildman–Crippen LogP) is 6.33. The highest BCUT2D eigenvalue weighted by Crippen LogP contribution is 2.39. The first-order valence-electron chi connectivity index (χ1n) is 11.1. The second-order valence-electron chi connectivity index (χ2n) is 9.81. The minimum absolute atomic E-state index is 0.0597. The molecule has 4 atom stereocenters. The van der Waals surface area contributed by atoms with Crippen LogP contribution in [0, 0.1) is 5.92 Å². The van der Waals surface area contributed by atoms with Gasteiger partial charge in [0.05, 0.1) is 18.8 Å². The van der Waals surface area contributed by atoms with E-state index in [0.717, 1.165) is 11.8 Å². The summed E-state index contributed by atoms with van der Waals surface area (Å²) in [5.74, 6) is 0.0597. The van der Waals surface area contributed by atoms with Gasteiger partial charge in [-0.1, -0.05) is 70.2 Å². The van der Waals surface area contributed by atoms with Crippen molar-refractivity contribution in [2.45, 2.75) is 84.1 Å². The third-order valence-electron chi connectivity index (χ3n) is 6.19. The molecule has 1 rings (SSSR count). The molecule has 0 heterocycles. The highest BCUT2D eigenvalue weighted by Gasteiger charge is 2.41. The summed E-state index contributed by atoms with van der Waals surface area (Å²) in [5, 5.41) is 0.0773. The Morgan fingerprint density at radius 1 is 1.16 bits per heavy atom. The number of hydrogen-bond acceptors (Lipinski definition) is 4. The number of carbonyl (C=O) groups is 1. The number of benzene rings is 1. The molecule has 0 aliphatic heterocycles. The number of hydrogen-bond donors (Lipinski definition) is 0. The van der Waals surface area contributed by atoms with E-state index in [1.54, 1.807) is 13.2 Å². The van der Waals surface area contributed by atoms with E-state index in [0.29, 0.717) is 18.6 Å². The molecule has 0 amide bonds. The van der Waals surface area contributed by atoms with Crippen LogP contribution in [0.1, 0.15) is 46.6 Å². The van der Waals surface area contributed by atoms with Crippen LogP contribution in [-0.4, -0.2) is 40.0 Å². The Bertz CT molecular complexity index is 706. The van der Waals surface area contributed by atoms with Gasteiger partial charge in [-0.3, -0.25) is 4.79 Å². The molecule has 0 aliphatic carbocycles. The molecule has 0 spiro atoms. The average Bonchev–Trinajstić information content (AvgIpc) is 2.71. The molecule has 0 aromatic heterocycles.